The van der Waals surface area contributed by atoms with Crippen molar-refractivity contribution in [2.75, 3.05) is 13.1 Å². The molecule has 1 heterocycles. The molecule has 0 radical (unpaired) electrons. The largest absolute Gasteiger partial charge is 0.300 e. The van der Waals surface area contributed by atoms with Crippen molar-refractivity contribution in [2.45, 2.75) is 63.8 Å². The summed E-state index contributed by atoms with van der Waals surface area (Å²) in [6.45, 7) is 2.49. The maximum Gasteiger partial charge on any atom is 0.136 e. The third-order valence-electron chi connectivity index (χ3n) is 5.32. The molecule has 2 aliphatic carbocycles. The zero-order valence-corrected chi connectivity index (χ0v) is 10.9. The van der Waals surface area contributed by atoms with Gasteiger partial charge in [0.1, 0.15) is 5.78 Å². The van der Waals surface area contributed by atoms with E-state index in [0.717, 1.165) is 31.2 Å². The Kier molecular flexibility index (Phi) is 3.51. The number of rotatable bonds is 3. The Balaban J connectivity index is 1.50. The molecule has 0 N–H and O–H groups in total. The molecule has 0 spiro atoms. The smallest absolute Gasteiger partial charge is 0.136 e. The van der Waals surface area contributed by atoms with Crippen molar-refractivity contribution in [3.8, 4) is 0 Å². The van der Waals surface area contributed by atoms with Gasteiger partial charge in [-0.1, -0.05) is 12.8 Å². The van der Waals surface area contributed by atoms with Crippen LogP contribution in [0.5, 0.6) is 0 Å². The Morgan fingerprint density at radius 3 is 2.76 bits per heavy atom. The van der Waals surface area contributed by atoms with Crippen LogP contribution in [0.3, 0.4) is 0 Å². The molecule has 0 bridgehead atoms. The molecule has 3 fully saturated rings. The molecule has 3 atom stereocenters. The van der Waals surface area contributed by atoms with Gasteiger partial charge < -0.3 is 4.90 Å². The van der Waals surface area contributed by atoms with E-state index in [1.165, 1.54) is 51.6 Å². The highest BCUT2D eigenvalue weighted by Gasteiger charge is 2.36. The van der Waals surface area contributed by atoms with E-state index in [1.54, 1.807) is 0 Å². The topological polar surface area (TPSA) is 20.3 Å². The van der Waals surface area contributed by atoms with Crippen LogP contribution in [0.4, 0.5) is 0 Å². The van der Waals surface area contributed by atoms with Crippen molar-refractivity contribution in [1.82, 2.24) is 4.90 Å². The van der Waals surface area contributed by atoms with Crippen LogP contribution in [0.2, 0.25) is 0 Å². The molecule has 17 heavy (non-hydrogen) atoms. The number of carbonyl (C=O) groups excluding carboxylic acids is 1. The third-order valence-corrected chi connectivity index (χ3v) is 5.32. The standard InChI is InChI=1S/C15H25NO/c17-15-7-3-5-13(15)9-11-16-10-8-12-4-1-2-6-14(12)16/h12-14H,1-11H2. The van der Waals surface area contributed by atoms with E-state index >= 15 is 0 Å². The maximum absolute atomic E-state index is 11.6. The van der Waals surface area contributed by atoms with Gasteiger partial charge in [-0.15, -0.1) is 0 Å². The maximum atomic E-state index is 11.6. The summed E-state index contributed by atoms with van der Waals surface area (Å²) in [4.78, 5) is 14.3. The summed E-state index contributed by atoms with van der Waals surface area (Å²) in [7, 11) is 0. The van der Waals surface area contributed by atoms with Gasteiger partial charge in [0, 0.05) is 18.4 Å². The minimum absolute atomic E-state index is 0.414. The number of Topliss-reactive ketones (excluding diaryl/α,β-unsaturated/α-hetero) is 1. The lowest BCUT2D eigenvalue weighted by Gasteiger charge is -2.32. The average Bonchev–Trinajstić information content (AvgIpc) is 2.93. The molecule has 3 unspecified atom stereocenters. The second-order valence-electron chi connectivity index (χ2n) is 6.28. The number of nitrogens with zero attached hydrogens (tertiary/aromatic N) is 1. The van der Waals surface area contributed by atoms with Gasteiger partial charge in [0.05, 0.1) is 0 Å². The van der Waals surface area contributed by atoms with Crippen LogP contribution in [0.25, 0.3) is 0 Å². The number of hydrogen-bond acceptors (Lipinski definition) is 2. The lowest BCUT2D eigenvalue weighted by Crippen LogP contribution is -2.36. The zero-order valence-electron chi connectivity index (χ0n) is 10.9. The molecule has 2 heteroatoms. The monoisotopic (exact) mass is 235 g/mol. The van der Waals surface area contributed by atoms with Gasteiger partial charge in [-0.3, -0.25) is 4.79 Å². The molecule has 0 aromatic heterocycles. The van der Waals surface area contributed by atoms with Gasteiger partial charge in [-0.05, 0) is 57.5 Å². The molecule has 0 amide bonds. The fraction of sp³-hybridized carbons (Fsp3) is 0.933. The van der Waals surface area contributed by atoms with Crippen molar-refractivity contribution >= 4 is 5.78 Å². The molecular formula is C15H25NO. The predicted octanol–water partition coefficient (Wildman–Crippen LogP) is 3.01. The van der Waals surface area contributed by atoms with E-state index in [1.807, 2.05) is 0 Å². The Hall–Kier alpha value is -0.370. The molecule has 1 saturated heterocycles. The van der Waals surface area contributed by atoms with Gasteiger partial charge in [0.15, 0.2) is 0 Å². The fourth-order valence-electron chi connectivity index (χ4n) is 4.30. The third kappa shape index (κ3) is 2.42. The highest BCUT2D eigenvalue weighted by molar-refractivity contribution is 5.82. The van der Waals surface area contributed by atoms with Crippen molar-refractivity contribution in [3.63, 3.8) is 0 Å². The molecular weight excluding hydrogens is 210 g/mol. The van der Waals surface area contributed by atoms with E-state index in [2.05, 4.69) is 4.90 Å². The Labute approximate surface area is 105 Å². The van der Waals surface area contributed by atoms with Gasteiger partial charge >= 0.3 is 0 Å². The number of fused-ring (bicyclic) bond motifs is 1. The normalized spacial score (nSPS) is 38.6. The van der Waals surface area contributed by atoms with Gasteiger partial charge in [0.2, 0.25) is 0 Å². The van der Waals surface area contributed by atoms with Crippen LogP contribution in [0.1, 0.15) is 57.8 Å². The number of likely N-dealkylation sites (tertiary alicyclic amines) is 1. The quantitative estimate of drug-likeness (QED) is 0.749. The van der Waals surface area contributed by atoms with Crippen molar-refractivity contribution in [3.05, 3.63) is 0 Å². The van der Waals surface area contributed by atoms with Crippen LogP contribution in [-0.4, -0.2) is 29.8 Å². The van der Waals surface area contributed by atoms with Crippen LogP contribution in [0, 0.1) is 11.8 Å². The van der Waals surface area contributed by atoms with Crippen LogP contribution >= 0.6 is 0 Å². The minimum atomic E-state index is 0.414. The highest BCUT2D eigenvalue weighted by Crippen LogP contribution is 2.36. The molecule has 0 aromatic carbocycles. The van der Waals surface area contributed by atoms with E-state index in [9.17, 15) is 4.79 Å². The van der Waals surface area contributed by atoms with Crippen LogP contribution < -0.4 is 0 Å². The first kappa shape index (κ1) is 11.7. The Morgan fingerprint density at radius 1 is 1.06 bits per heavy atom. The van der Waals surface area contributed by atoms with Crippen molar-refractivity contribution < 1.29 is 4.79 Å². The highest BCUT2D eigenvalue weighted by atomic mass is 16.1. The predicted molar refractivity (Wildman–Crippen MR) is 68.9 cm³/mol. The average molecular weight is 235 g/mol. The summed E-state index contributed by atoms with van der Waals surface area (Å²) in [6, 6.07) is 0.875. The first-order valence-electron chi connectivity index (χ1n) is 7.61. The Bertz CT molecular complexity index is 289. The number of ketones is 1. The summed E-state index contributed by atoms with van der Waals surface area (Å²) < 4.78 is 0. The first-order chi connectivity index (χ1) is 8.34. The summed E-state index contributed by atoms with van der Waals surface area (Å²) in [5.41, 5.74) is 0. The molecule has 2 nitrogen and oxygen atoms in total. The van der Waals surface area contributed by atoms with Crippen LogP contribution in [-0.2, 0) is 4.79 Å². The van der Waals surface area contributed by atoms with E-state index in [-0.39, 0.29) is 0 Å². The summed E-state index contributed by atoms with van der Waals surface area (Å²) >= 11 is 0. The van der Waals surface area contributed by atoms with Crippen LogP contribution in [0.15, 0.2) is 0 Å². The SMILES string of the molecule is O=C1CCCC1CCN1CCC2CCCCC21. The second kappa shape index (κ2) is 5.09. The van der Waals surface area contributed by atoms with E-state index in [0.29, 0.717) is 11.7 Å². The first-order valence-corrected chi connectivity index (χ1v) is 7.61. The van der Waals surface area contributed by atoms with Crippen molar-refractivity contribution in [2.24, 2.45) is 11.8 Å². The fourth-order valence-corrected chi connectivity index (χ4v) is 4.30. The molecule has 3 aliphatic rings. The molecule has 0 aromatic rings. The molecule has 1 aliphatic heterocycles. The van der Waals surface area contributed by atoms with Gasteiger partial charge in [0.25, 0.3) is 0 Å². The number of carbonyl (C=O) groups is 1. The lowest BCUT2D eigenvalue weighted by atomic mass is 9.85. The zero-order chi connectivity index (χ0) is 11.7. The van der Waals surface area contributed by atoms with Crippen molar-refractivity contribution in [1.29, 1.82) is 0 Å². The molecule has 96 valence electrons. The number of hydrogen-bond donors (Lipinski definition) is 0. The summed E-state index contributed by atoms with van der Waals surface area (Å²) in [5, 5.41) is 0. The molecule has 3 rings (SSSR count). The summed E-state index contributed by atoms with van der Waals surface area (Å²) in [6.07, 6.45) is 11.5. The van der Waals surface area contributed by atoms with Gasteiger partial charge in [-0.2, -0.15) is 0 Å². The second-order valence-corrected chi connectivity index (χ2v) is 6.28. The minimum Gasteiger partial charge on any atom is -0.300 e. The Morgan fingerprint density at radius 2 is 1.94 bits per heavy atom. The van der Waals surface area contributed by atoms with E-state index in [4.69, 9.17) is 0 Å². The summed E-state index contributed by atoms with van der Waals surface area (Å²) in [5.74, 6) is 1.95. The lowest BCUT2D eigenvalue weighted by molar-refractivity contribution is -0.120. The van der Waals surface area contributed by atoms with E-state index < -0.39 is 0 Å². The van der Waals surface area contributed by atoms with Gasteiger partial charge in [-0.25, -0.2) is 0 Å². The molecule has 2 saturated carbocycles.